The largest absolute Gasteiger partial charge is 1.00 e. The molecule has 20 heavy (non-hydrogen) atoms. The summed E-state index contributed by atoms with van der Waals surface area (Å²) in [5, 5.41) is 21.2. The molecule has 0 radical (unpaired) electrons. The van der Waals surface area contributed by atoms with Gasteiger partial charge >= 0.3 is 103 Å². The summed E-state index contributed by atoms with van der Waals surface area (Å²) in [5.41, 5.74) is 5.28. The molecule has 1 atom stereocenters. The zero-order chi connectivity index (χ0) is 13.1. The van der Waals surface area contributed by atoms with Crippen LogP contribution in [0.2, 0.25) is 0 Å². The molecule has 2 rings (SSSR count). The Kier molecular flexibility index (Phi) is 11.0. The van der Waals surface area contributed by atoms with Gasteiger partial charge in [0.2, 0.25) is 12.4 Å². The molecule has 0 saturated carbocycles. The van der Waals surface area contributed by atoms with Crippen molar-refractivity contribution in [3.63, 3.8) is 0 Å². The molecule has 0 bridgehead atoms. The normalized spacial score (nSPS) is 13.8. The third-order valence-electron chi connectivity index (χ3n) is 2.45. The summed E-state index contributed by atoms with van der Waals surface area (Å²) < 4.78 is 5.09. The molecule has 6 N–H and O–H groups in total. The van der Waals surface area contributed by atoms with Crippen LogP contribution in [0, 0.1) is 0 Å². The third-order valence-corrected chi connectivity index (χ3v) is 2.45. The quantitative estimate of drug-likeness (QED) is 0.203. The van der Waals surface area contributed by atoms with Gasteiger partial charge in [0.1, 0.15) is 5.69 Å². The van der Waals surface area contributed by atoms with E-state index in [1.54, 1.807) is 0 Å². The smallest absolute Gasteiger partial charge is 0.396 e. The number of hydrogen-bond acceptors (Lipinski definition) is 8. The van der Waals surface area contributed by atoms with Crippen molar-refractivity contribution in [3.05, 3.63) is 10.4 Å². The zero-order valence-electron chi connectivity index (χ0n) is 11.6. The number of hydrogen-bond donors (Lipinski definition) is 5. The Balaban J connectivity index is 0.00000180. The van der Waals surface area contributed by atoms with E-state index in [-0.39, 0.29) is 140 Å². The Hall–Kier alpha value is 1.43. The van der Waals surface area contributed by atoms with Crippen LogP contribution in [0.5, 0.6) is 0 Å². The third kappa shape index (κ3) is 5.26. The number of fused-ring (bicyclic) bond motifs is 1. The molecule has 2 heterocycles. The van der Waals surface area contributed by atoms with E-state index >= 15 is 0 Å². The predicted octanol–water partition coefficient (Wildman–Crippen LogP) is -7.78. The number of nitrogens with two attached hydrogens (primary N) is 1. The van der Waals surface area contributed by atoms with Crippen LogP contribution in [0.25, 0.3) is 0 Å². The molecule has 9 nitrogen and oxygen atoms in total. The van der Waals surface area contributed by atoms with E-state index < -0.39 is 12.0 Å². The van der Waals surface area contributed by atoms with E-state index in [1.165, 1.54) is 4.90 Å². The van der Waals surface area contributed by atoms with Crippen molar-refractivity contribution in [2.45, 2.75) is 12.8 Å². The van der Waals surface area contributed by atoms with Crippen molar-refractivity contribution in [3.8, 4) is 0 Å². The first-order valence-corrected chi connectivity index (χ1v) is 5.44. The summed E-state index contributed by atoms with van der Waals surface area (Å²) in [5.74, 6) is 0.211. The fraction of sp³-hybridized carbons (Fsp3) is 0.556. The van der Waals surface area contributed by atoms with E-state index in [0.29, 0.717) is 6.42 Å². The minimum Gasteiger partial charge on any atom is -0.396 e. The first kappa shape index (κ1) is 21.4. The van der Waals surface area contributed by atoms with Crippen molar-refractivity contribution in [1.29, 1.82) is 0 Å². The molecule has 0 amide bonds. The fourth-order valence-electron chi connectivity index (χ4n) is 1.61. The Labute approximate surface area is 200 Å². The van der Waals surface area contributed by atoms with Gasteiger partial charge in [-0.3, -0.25) is 14.7 Å². The van der Waals surface area contributed by atoms with Gasteiger partial charge in [0.05, 0.1) is 13.3 Å². The van der Waals surface area contributed by atoms with Crippen molar-refractivity contribution in [2.24, 2.45) is 0 Å². The van der Waals surface area contributed by atoms with E-state index in [0.717, 1.165) is 0 Å². The molecule has 1 aliphatic rings. The second kappa shape index (κ2) is 10.3. The second-order valence-electron chi connectivity index (χ2n) is 3.73. The van der Waals surface area contributed by atoms with Gasteiger partial charge < -0.3 is 26.0 Å². The van der Waals surface area contributed by atoms with Gasteiger partial charge in [-0.05, 0) is 6.42 Å². The van der Waals surface area contributed by atoms with E-state index in [1.807, 2.05) is 0 Å². The molecule has 0 aromatic carbocycles. The average molecular weight is 335 g/mol. The van der Waals surface area contributed by atoms with Crippen molar-refractivity contribution >= 4 is 17.5 Å². The molecule has 1 aromatic rings. The van der Waals surface area contributed by atoms with Crippen LogP contribution in [0.1, 0.15) is 6.42 Å². The Bertz CT molecular complexity index is 486. The number of H-pyrrole nitrogens is 1. The van der Waals surface area contributed by atoms with Crippen LogP contribution in [-0.2, 0) is 4.74 Å². The summed E-state index contributed by atoms with van der Waals surface area (Å²) in [4.78, 5) is 19.2. The van der Waals surface area contributed by atoms with Gasteiger partial charge in [-0.2, -0.15) is 4.98 Å². The van der Waals surface area contributed by atoms with Crippen molar-refractivity contribution in [2.75, 3.05) is 35.8 Å². The van der Waals surface area contributed by atoms with E-state index in [2.05, 4.69) is 15.3 Å². The van der Waals surface area contributed by atoms with Crippen molar-refractivity contribution < 1.29 is 118 Å². The molecular weight excluding hydrogens is 320 g/mol. The number of nitrogens with zero attached hydrogens (tertiary/aromatic N) is 2. The van der Waals surface area contributed by atoms with Crippen LogP contribution in [-0.4, -0.2) is 46.5 Å². The maximum absolute atomic E-state index is 11.5. The molecule has 100 valence electrons. The average Bonchev–Trinajstić information content (AvgIpc) is 2.73. The van der Waals surface area contributed by atoms with E-state index in [9.17, 15) is 9.90 Å². The standard InChI is InChI=1S/C9H15N5O4.2K/c10-8-12-6-5(7(16)13-8)11-4-14(6)9(17)18-3-1-2-15;;/h9,11,15,17H,1-4H2,(H3,10,12,13,16);;/q;2*+1. The minimum atomic E-state index is -1.25. The van der Waals surface area contributed by atoms with Crippen molar-refractivity contribution in [1.82, 2.24) is 9.97 Å². The maximum Gasteiger partial charge on any atom is 1.00 e. The predicted molar refractivity (Wildman–Crippen MR) is 63.9 cm³/mol. The summed E-state index contributed by atoms with van der Waals surface area (Å²) in [6, 6.07) is 0. The van der Waals surface area contributed by atoms with Gasteiger partial charge in [0.25, 0.3) is 5.56 Å². The van der Waals surface area contributed by atoms with Crippen LogP contribution in [0.15, 0.2) is 4.79 Å². The maximum atomic E-state index is 11.5. The van der Waals surface area contributed by atoms with Crippen LogP contribution < -0.4 is 124 Å². The summed E-state index contributed by atoms with van der Waals surface area (Å²) in [6.45, 7) is 0.365. The number of aromatic amines is 1. The first-order valence-electron chi connectivity index (χ1n) is 5.44. The van der Waals surface area contributed by atoms with Gasteiger partial charge in [-0.25, -0.2) is 0 Å². The number of nitrogen functional groups attached to an aromatic ring is 1. The summed E-state index contributed by atoms with van der Waals surface area (Å²) in [6.07, 6.45) is -0.838. The molecule has 0 saturated heterocycles. The number of aliphatic hydroxyl groups is 2. The number of ether oxygens (including phenoxy) is 1. The second-order valence-corrected chi connectivity index (χ2v) is 3.73. The number of anilines is 3. The number of aliphatic hydroxyl groups excluding tert-OH is 2. The fourth-order valence-corrected chi connectivity index (χ4v) is 1.61. The summed E-state index contributed by atoms with van der Waals surface area (Å²) >= 11 is 0. The van der Waals surface area contributed by atoms with E-state index in [4.69, 9.17) is 15.6 Å². The Morgan fingerprint density at radius 1 is 1.50 bits per heavy atom. The van der Waals surface area contributed by atoms with Crippen LogP contribution in [0.3, 0.4) is 0 Å². The number of rotatable bonds is 5. The van der Waals surface area contributed by atoms with Gasteiger partial charge in [0.15, 0.2) is 5.82 Å². The van der Waals surface area contributed by atoms with Gasteiger partial charge in [0, 0.05) is 6.61 Å². The van der Waals surface area contributed by atoms with Crippen LogP contribution in [0.4, 0.5) is 17.5 Å². The minimum absolute atomic E-state index is 0. The number of nitrogens with one attached hydrogen (secondary N) is 2. The molecule has 0 spiro atoms. The molecule has 0 aliphatic carbocycles. The Morgan fingerprint density at radius 3 is 2.85 bits per heavy atom. The Morgan fingerprint density at radius 2 is 2.20 bits per heavy atom. The molecular formula is C9H15K2N5O4+2. The molecule has 1 aliphatic heterocycles. The monoisotopic (exact) mass is 335 g/mol. The molecule has 1 unspecified atom stereocenters. The summed E-state index contributed by atoms with van der Waals surface area (Å²) in [7, 11) is 0. The topological polar surface area (TPSA) is 137 Å². The molecule has 0 fully saturated rings. The molecule has 1 aromatic heterocycles. The van der Waals surface area contributed by atoms with Gasteiger partial charge in [-0.15, -0.1) is 0 Å². The van der Waals surface area contributed by atoms with Crippen LogP contribution >= 0.6 is 0 Å². The molecule has 11 heteroatoms. The first-order chi connectivity index (χ1) is 8.63. The number of aromatic nitrogens is 2. The SMILES string of the molecule is Nc1nc2c(c(=O)[nH]1)NCN2C(O)OCCCO.[K+].[K+]. The zero-order valence-corrected chi connectivity index (χ0v) is 17.8. The van der Waals surface area contributed by atoms with Gasteiger partial charge in [-0.1, -0.05) is 0 Å².